The number of Topliss-reactive ketones (excluding diaryl/α,β-unsaturated/α-hetero) is 1. The minimum atomic E-state index is -4.57. The molecule has 4 nitrogen and oxygen atoms in total. The molecule has 1 aliphatic rings. The van der Waals surface area contributed by atoms with Gasteiger partial charge in [-0.05, 0) is 19.1 Å². The molecule has 0 saturated carbocycles. The van der Waals surface area contributed by atoms with Crippen molar-refractivity contribution in [2.24, 2.45) is 5.92 Å². The van der Waals surface area contributed by atoms with Crippen LogP contribution in [0.15, 0.2) is 12.1 Å². The van der Waals surface area contributed by atoms with Crippen molar-refractivity contribution in [1.82, 2.24) is 4.98 Å². The summed E-state index contributed by atoms with van der Waals surface area (Å²) in [5, 5.41) is 0. The Balaban J connectivity index is 2.31. The quantitative estimate of drug-likeness (QED) is 0.611. The lowest BCUT2D eigenvalue weighted by atomic mass is 10.1. The van der Waals surface area contributed by atoms with E-state index < -0.39 is 29.5 Å². The van der Waals surface area contributed by atoms with Gasteiger partial charge in [0.2, 0.25) is 0 Å². The molecule has 0 radical (unpaired) electrons. The van der Waals surface area contributed by atoms with Crippen LogP contribution in [0.3, 0.4) is 0 Å². The Morgan fingerprint density at radius 1 is 1.47 bits per heavy atom. The van der Waals surface area contributed by atoms with Crippen LogP contribution in [0.1, 0.15) is 28.7 Å². The van der Waals surface area contributed by atoms with Crippen LogP contribution >= 0.6 is 0 Å². The standard InChI is InChI=1S/C12H10F3NO3/c1-2-19-11(18)7-5-8-6(10(7)17)3-4-9(16-8)12(13,14)15/h3-4,7H,2,5H2,1H3. The first-order valence-electron chi connectivity index (χ1n) is 5.62. The predicted molar refractivity (Wildman–Crippen MR) is 57.4 cm³/mol. The van der Waals surface area contributed by atoms with E-state index in [2.05, 4.69) is 4.98 Å². The van der Waals surface area contributed by atoms with Gasteiger partial charge in [0.15, 0.2) is 5.78 Å². The Morgan fingerprint density at radius 3 is 2.74 bits per heavy atom. The van der Waals surface area contributed by atoms with Gasteiger partial charge >= 0.3 is 12.1 Å². The maximum Gasteiger partial charge on any atom is 0.433 e. The van der Waals surface area contributed by atoms with Crippen molar-refractivity contribution >= 4 is 11.8 Å². The second-order valence-electron chi connectivity index (χ2n) is 4.06. The molecular formula is C12H10F3NO3. The first kappa shape index (κ1) is 13.5. The van der Waals surface area contributed by atoms with Gasteiger partial charge in [-0.2, -0.15) is 13.2 Å². The number of nitrogens with zero attached hydrogens (tertiary/aromatic N) is 1. The zero-order valence-electron chi connectivity index (χ0n) is 9.95. The molecule has 1 aromatic rings. The molecule has 2 rings (SSSR count). The largest absolute Gasteiger partial charge is 0.465 e. The van der Waals surface area contributed by atoms with E-state index in [-0.39, 0.29) is 24.3 Å². The van der Waals surface area contributed by atoms with Crippen LogP contribution < -0.4 is 0 Å². The molecule has 0 aromatic carbocycles. The number of carbonyl (C=O) groups is 2. The molecule has 1 aliphatic carbocycles. The molecule has 0 aliphatic heterocycles. The second-order valence-corrected chi connectivity index (χ2v) is 4.06. The van der Waals surface area contributed by atoms with Crippen LogP contribution in [0.4, 0.5) is 13.2 Å². The number of ether oxygens (including phenoxy) is 1. The Hall–Kier alpha value is -1.92. The fourth-order valence-electron chi connectivity index (χ4n) is 1.95. The fourth-order valence-corrected chi connectivity index (χ4v) is 1.95. The van der Waals surface area contributed by atoms with Crippen molar-refractivity contribution in [2.75, 3.05) is 6.61 Å². The molecule has 1 unspecified atom stereocenters. The van der Waals surface area contributed by atoms with E-state index in [4.69, 9.17) is 4.74 Å². The van der Waals surface area contributed by atoms with Crippen LogP contribution in [0.25, 0.3) is 0 Å². The molecule has 0 saturated heterocycles. The molecule has 0 amide bonds. The minimum absolute atomic E-state index is 0.00196. The number of hydrogen-bond donors (Lipinski definition) is 0. The van der Waals surface area contributed by atoms with E-state index in [1.807, 2.05) is 0 Å². The number of hydrogen-bond acceptors (Lipinski definition) is 4. The maximum absolute atomic E-state index is 12.5. The number of carbonyl (C=O) groups excluding carboxylic acids is 2. The SMILES string of the molecule is CCOC(=O)C1Cc2nc(C(F)(F)F)ccc2C1=O. The summed E-state index contributed by atoms with van der Waals surface area (Å²) < 4.78 is 42.2. The molecule has 102 valence electrons. The predicted octanol–water partition coefficient (Wildman–Crippen LogP) is 2.02. The summed E-state index contributed by atoms with van der Waals surface area (Å²) >= 11 is 0. The van der Waals surface area contributed by atoms with Gasteiger partial charge in [-0.15, -0.1) is 0 Å². The number of ketones is 1. The minimum Gasteiger partial charge on any atom is -0.465 e. The molecular weight excluding hydrogens is 263 g/mol. The van der Waals surface area contributed by atoms with Crippen molar-refractivity contribution in [3.05, 3.63) is 29.1 Å². The molecule has 0 bridgehead atoms. The van der Waals surface area contributed by atoms with Gasteiger partial charge in [0.1, 0.15) is 11.6 Å². The molecule has 0 N–H and O–H groups in total. The Kier molecular flexibility index (Phi) is 3.30. The van der Waals surface area contributed by atoms with E-state index in [0.29, 0.717) is 0 Å². The number of alkyl halides is 3. The normalized spacial score (nSPS) is 18.3. The average molecular weight is 273 g/mol. The second kappa shape index (κ2) is 4.64. The van der Waals surface area contributed by atoms with Gasteiger partial charge in [-0.25, -0.2) is 4.98 Å². The van der Waals surface area contributed by atoms with Crippen LogP contribution in [0, 0.1) is 5.92 Å². The number of rotatable bonds is 2. The van der Waals surface area contributed by atoms with Gasteiger partial charge in [0.25, 0.3) is 0 Å². The first-order valence-corrected chi connectivity index (χ1v) is 5.62. The lowest BCUT2D eigenvalue weighted by Gasteiger charge is -2.06. The van der Waals surface area contributed by atoms with Gasteiger partial charge in [0, 0.05) is 12.0 Å². The smallest absolute Gasteiger partial charge is 0.433 e. The van der Waals surface area contributed by atoms with Gasteiger partial charge in [-0.1, -0.05) is 0 Å². The number of fused-ring (bicyclic) bond motifs is 1. The summed E-state index contributed by atoms with van der Waals surface area (Å²) in [6.45, 7) is 1.70. The van der Waals surface area contributed by atoms with Crippen molar-refractivity contribution in [2.45, 2.75) is 19.5 Å². The number of aromatic nitrogens is 1. The number of halogens is 3. The van der Waals surface area contributed by atoms with Crippen LogP contribution in [0.5, 0.6) is 0 Å². The van der Waals surface area contributed by atoms with Crippen molar-refractivity contribution in [3.63, 3.8) is 0 Å². The molecule has 0 spiro atoms. The lowest BCUT2D eigenvalue weighted by Crippen LogP contribution is -2.23. The first-order chi connectivity index (χ1) is 8.84. The number of pyridine rings is 1. The summed E-state index contributed by atoms with van der Waals surface area (Å²) in [6.07, 6.45) is -4.71. The van der Waals surface area contributed by atoms with E-state index in [9.17, 15) is 22.8 Å². The number of esters is 1. The van der Waals surface area contributed by atoms with Gasteiger partial charge < -0.3 is 4.74 Å². The zero-order chi connectivity index (χ0) is 14.2. The maximum atomic E-state index is 12.5. The van der Waals surface area contributed by atoms with Crippen molar-refractivity contribution in [3.8, 4) is 0 Å². The molecule has 1 heterocycles. The van der Waals surface area contributed by atoms with E-state index in [0.717, 1.165) is 12.1 Å². The third kappa shape index (κ3) is 2.45. The van der Waals surface area contributed by atoms with E-state index >= 15 is 0 Å². The Labute approximate surface area is 106 Å². The molecule has 19 heavy (non-hydrogen) atoms. The Bertz CT molecular complexity index is 540. The molecule has 1 aromatic heterocycles. The molecule has 7 heteroatoms. The van der Waals surface area contributed by atoms with E-state index in [1.165, 1.54) is 0 Å². The highest BCUT2D eigenvalue weighted by atomic mass is 19.4. The monoisotopic (exact) mass is 273 g/mol. The lowest BCUT2D eigenvalue weighted by molar-refractivity contribution is -0.146. The highest BCUT2D eigenvalue weighted by Gasteiger charge is 2.40. The van der Waals surface area contributed by atoms with E-state index in [1.54, 1.807) is 6.92 Å². The average Bonchev–Trinajstić information content (AvgIpc) is 2.66. The topological polar surface area (TPSA) is 56.3 Å². The summed E-state index contributed by atoms with van der Waals surface area (Å²) in [4.78, 5) is 26.8. The van der Waals surface area contributed by atoms with Gasteiger partial charge in [-0.3, -0.25) is 9.59 Å². The molecule has 1 atom stereocenters. The summed E-state index contributed by atoms with van der Waals surface area (Å²) in [5.41, 5.74) is -1.01. The Morgan fingerprint density at radius 2 is 2.16 bits per heavy atom. The van der Waals surface area contributed by atoms with Crippen LogP contribution in [0.2, 0.25) is 0 Å². The third-order valence-corrected chi connectivity index (χ3v) is 2.82. The summed E-state index contributed by atoms with van der Waals surface area (Å²) in [7, 11) is 0. The van der Waals surface area contributed by atoms with Crippen molar-refractivity contribution < 1.29 is 27.5 Å². The molecule has 0 fully saturated rings. The van der Waals surface area contributed by atoms with Gasteiger partial charge in [0.05, 0.1) is 12.3 Å². The fraction of sp³-hybridized carbons (Fsp3) is 0.417. The zero-order valence-corrected chi connectivity index (χ0v) is 9.95. The third-order valence-electron chi connectivity index (χ3n) is 2.82. The summed E-state index contributed by atoms with van der Waals surface area (Å²) in [5.74, 6) is -2.33. The highest BCUT2D eigenvalue weighted by molar-refractivity contribution is 6.11. The summed E-state index contributed by atoms with van der Waals surface area (Å²) in [6, 6.07) is 1.80. The van der Waals surface area contributed by atoms with Crippen LogP contribution in [-0.2, 0) is 22.1 Å². The van der Waals surface area contributed by atoms with Crippen LogP contribution in [-0.4, -0.2) is 23.3 Å². The highest BCUT2D eigenvalue weighted by Crippen LogP contribution is 2.32. The van der Waals surface area contributed by atoms with Crippen molar-refractivity contribution in [1.29, 1.82) is 0 Å².